The van der Waals surface area contributed by atoms with E-state index in [1.54, 1.807) is 0 Å². The van der Waals surface area contributed by atoms with E-state index in [1.165, 1.54) is 6.08 Å². The molecule has 2 saturated heterocycles. The highest BCUT2D eigenvalue weighted by molar-refractivity contribution is 5.81. The third-order valence-electron chi connectivity index (χ3n) is 3.39. The fourth-order valence-corrected chi connectivity index (χ4v) is 2.09. The van der Waals surface area contributed by atoms with E-state index in [-0.39, 0.29) is 24.1 Å². The molecular weight excluding hydrogens is 276 g/mol. The lowest BCUT2D eigenvalue weighted by atomic mass is 9.98. The second-order valence-corrected chi connectivity index (χ2v) is 5.08. The first kappa shape index (κ1) is 15.7. The molecule has 0 bridgehead atoms. The van der Waals surface area contributed by atoms with Gasteiger partial charge in [0.2, 0.25) is 0 Å². The molecule has 6 heteroatoms. The molecular formula is C15H20O6. The average molecular weight is 296 g/mol. The van der Waals surface area contributed by atoms with Gasteiger partial charge in [0.1, 0.15) is 18.8 Å². The standard InChI is InChI=1S/C9H12O3.C6H8O3/c1-2-9(10)11-6-3-4-7-8(5-6)12-7;1-2-6(7)9-4-5-3-8-5/h2,6-8H,1,3-5H2;2,5H,1,3-4H2. The van der Waals surface area contributed by atoms with Crippen LogP contribution in [0, 0.1) is 0 Å². The maximum Gasteiger partial charge on any atom is 0.330 e. The van der Waals surface area contributed by atoms with Crippen molar-refractivity contribution in [1.29, 1.82) is 0 Å². The second-order valence-electron chi connectivity index (χ2n) is 5.08. The summed E-state index contributed by atoms with van der Waals surface area (Å²) in [6.07, 6.45) is 6.20. The molecule has 4 unspecified atom stereocenters. The van der Waals surface area contributed by atoms with E-state index < -0.39 is 0 Å². The summed E-state index contributed by atoms with van der Waals surface area (Å²) in [4.78, 5) is 21.2. The Morgan fingerprint density at radius 2 is 1.86 bits per heavy atom. The topological polar surface area (TPSA) is 77.7 Å². The highest BCUT2D eigenvalue weighted by atomic mass is 16.6. The van der Waals surface area contributed by atoms with Gasteiger partial charge in [0.05, 0.1) is 18.8 Å². The van der Waals surface area contributed by atoms with E-state index in [2.05, 4.69) is 17.9 Å². The minimum Gasteiger partial charge on any atom is -0.460 e. The molecule has 0 aromatic carbocycles. The van der Waals surface area contributed by atoms with Crippen molar-refractivity contribution in [2.24, 2.45) is 0 Å². The lowest BCUT2D eigenvalue weighted by Crippen LogP contribution is -2.23. The maximum atomic E-state index is 10.8. The third kappa shape index (κ3) is 5.69. The predicted molar refractivity (Wildman–Crippen MR) is 73.5 cm³/mol. The van der Waals surface area contributed by atoms with Crippen molar-refractivity contribution in [2.75, 3.05) is 13.2 Å². The fraction of sp³-hybridized carbons (Fsp3) is 0.600. The Morgan fingerprint density at radius 1 is 1.14 bits per heavy atom. The number of epoxide rings is 2. The molecule has 116 valence electrons. The van der Waals surface area contributed by atoms with Crippen molar-refractivity contribution >= 4 is 11.9 Å². The molecule has 0 spiro atoms. The molecule has 6 nitrogen and oxygen atoms in total. The van der Waals surface area contributed by atoms with E-state index in [1.807, 2.05) is 0 Å². The fourth-order valence-electron chi connectivity index (χ4n) is 2.09. The smallest absolute Gasteiger partial charge is 0.330 e. The number of hydrogen-bond donors (Lipinski definition) is 0. The Hall–Kier alpha value is -1.66. The van der Waals surface area contributed by atoms with Gasteiger partial charge in [-0.25, -0.2) is 9.59 Å². The first-order chi connectivity index (χ1) is 10.1. The van der Waals surface area contributed by atoms with Crippen LogP contribution in [0.1, 0.15) is 19.3 Å². The van der Waals surface area contributed by atoms with Crippen LogP contribution in [-0.2, 0) is 28.5 Å². The van der Waals surface area contributed by atoms with Gasteiger partial charge in [-0.05, 0) is 12.8 Å². The highest BCUT2D eigenvalue weighted by Crippen LogP contribution is 2.37. The summed E-state index contributed by atoms with van der Waals surface area (Å²) in [6, 6.07) is 0. The van der Waals surface area contributed by atoms with Crippen LogP contribution in [0.15, 0.2) is 25.3 Å². The second kappa shape index (κ2) is 7.38. The summed E-state index contributed by atoms with van der Waals surface area (Å²) in [5.41, 5.74) is 0. The van der Waals surface area contributed by atoms with E-state index in [9.17, 15) is 9.59 Å². The van der Waals surface area contributed by atoms with Crippen LogP contribution in [-0.4, -0.2) is 49.6 Å². The van der Waals surface area contributed by atoms with Crippen molar-refractivity contribution in [1.82, 2.24) is 0 Å². The molecule has 0 N–H and O–H groups in total. The molecule has 0 aromatic heterocycles. The summed E-state index contributed by atoms with van der Waals surface area (Å²) in [5, 5.41) is 0. The number of rotatable bonds is 5. The molecule has 1 saturated carbocycles. The van der Waals surface area contributed by atoms with Crippen LogP contribution in [0.2, 0.25) is 0 Å². The Labute approximate surface area is 123 Å². The van der Waals surface area contributed by atoms with Crippen molar-refractivity contribution in [3.63, 3.8) is 0 Å². The van der Waals surface area contributed by atoms with Gasteiger partial charge in [0.15, 0.2) is 0 Å². The molecule has 4 atom stereocenters. The van der Waals surface area contributed by atoms with Crippen LogP contribution in [0.5, 0.6) is 0 Å². The Morgan fingerprint density at radius 3 is 2.43 bits per heavy atom. The van der Waals surface area contributed by atoms with Crippen LogP contribution < -0.4 is 0 Å². The summed E-state index contributed by atoms with van der Waals surface area (Å²) in [5.74, 6) is -0.704. The van der Waals surface area contributed by atoms with Gasteiger partial charge >= 0.3 is 11.9 Å². The van der Waals surface area contributed by atoms with Gasteiger partial charge in [-0.15, -0.1) is 0 Å². The Kier molecular flexibility index (Phi) is 5.52. The lowest BCUT2D eigenvalue weighted by molar-refractivity contribution is -0.144. The van der Waals surface area contributed by atoms with Gasteiger partial charge in [0.25, 0.3) is 0 Å². The highest BCUT2D eigenvalue weighted by Gasteiger charge is 2.44. The third-order valence-corrected chi connectivity index (χ3v) is 3.39. The molecule has 0 aromatic rings. The van der Waals surface area contributed by atoms with Gasteiger partial charge in [-0.3, -0.25) is 0 Å². The van der Waals surface area contributed by atoms with Crippen LogP contribution in [0.4, 0.5) is 0 Å². The van der Waals surface area contributed by atoms with Crippen molar-refractivity contribution in [2.45, 2.75) is 43.7 Å². The zero-order chi connectivity index (χ0) is 15.2. The molecule has 2 heterocycles. The lowest BCUT2D eigenvalue weighted by Gasteiger charge is -2.18. The van der Waals surface area contributed by atoms with Crippen LogP contribution >= 0.6 is 0 Å². The van der Waals surface area contributed by atoms with Gasteiger partial charge in [0, 0.05) is 18.6 Å². The number of fused-ring (bicyclic) bond motifs is 1. The zero-order valence-electron chi connectivity index (χ0n) is 11.9. The minimum absolute atomic E-state index is 0.0549. The molecule has 3 fully saturated rings. The number of ether oxygens (including phenoxy) is 4. The van der Waals surface area contributed by atoms with Gasteiger partial charge in [-0.2, -0.15) is 0 Å². The number of carbonyl (C=O) groups is 2. The van der Waals surface area contributed by atoms with E-state index >= 15 is 0 Å². The van der Waals surface area contributed by atoms with Crippen molar-refractivity contribution < 1.29 is 28.5 Å². The van der Waals surface area contributed by atoms with Crippen molar-refractivity contribution in [3.05, 3.63) is 25.3 Å². The molecule has 0 amide bonds. The van der Waals surface area contributed by atoms with Crippen LogP contribution in [0.25, 0.3) is 0 Å². The molecule has 21 heavy (non-hydrogen) atoms. The SMILES string of the molecule is C=CC(=O)OC1CCC2OC2C1.C=CC(=O)OCC1CO1. The Balaban J connectivity index is 0.000000161. The molecule has 3 rings (SSSR count). The normalized spacial score (nSPS) is 31.6. The first-order valence-electron chi connectivity index (χ1n) is 7.01. The summed E-state index contributed by atoms with van der Waals surface area (Å²) >= 11 is 0. The Bertz CT molecular complexity index is 414. The molecule has 0 radical (unpaired) electrons. The predicted octanol–water partition coefficient (Wildman–Crippen LogP) is 1.15. The van der Waals surface area contributed by atoms with E-state index in [0.29, 0.717) is 25.4 Å². The van der Waals surface area contributed by atoms with Crippen LogP contribution in [0.3, 0.4) is 0 Å². The largest absolute Gasteiger partial charge is 0.460 e. The maximum absolute atomic E-state index is 10.8. The number of carbonyl (C=O) groups excluding carboxylic acids is 2. The molecule has 3 aliphatic rings. The quantitative estimate of drug-likeness (QED) is 0.430. The minimum atomic E-state index is -0.384. The van der Waals surface area contributed by atoms with E-state index in [0.717, 1.165) is 25.3 Å². The average Bonchev–Trinajstić information content (AvgIpc) is 3.38. The first-order valence-corrected chi connectivity index (χ1v) is 7.01. The van der Waals surface area contributed by atoms with Crippen molar-refractivity contribution in [3.8, 4) is 0 Å². The van der Waals surface area contributed by atoms with E-state index in [4.69, 9.17) is 14.2 Å². The number of hydrogen-bond acceptors (Lipinski definition) is 6. The van der Waals surface area contributed by atoms with Gasteiger partial charge in [-0.1, -0.05) is 13.2 Å². The zero-order valence-corrected chi connectivity index (χ0v) is 11.9. The molecule has 1 aliphatic carbocycles. The monoisotopic (exact) mass is 296 g/mol. The number of esters is 2. The summed E-state index contributed by atoms with van der Waals surface area (Å²) in [7, 11) is 0. The van der Waals surface area contributed by atoms with Gasteiger partial charge < -0.3 is 18.9 Å². The summed E-state index contributed by atoms with van der Waals surface area (Å²) < 4.78 is 19.8. The molecule has 2 aliphatic heterocycles. The summed E-state index contributed by atoms with van der Waals surface area (Å²) in [6.45, 7) is 7.67.